The molecule has 0 saturated heterocycles. The SMILES string of the molecule is CCP(=O)(O)ON(Cl)Cl. The lowest BCUT2D eigenvalue weighted by molar-refractivity contribution is 0.114. The summed E-state index contributed by atoms with van der Waals surface area (Å²) in [5.41, 5.74) is 0. The maximum Gasteiger partial charge on any atom is 0.346 e. The molecule has 0 aliphatic rings. The van der Waals surface area contributed by atoms with Crippen molar-refractivity contribution in [2.75, 3.05) is 6.16 Å². The van der Waals surface area contributed by atoms with Gasteiger partial charge in [-0.2, -0.15) is 4.62 Å². The summed E-state index contributed by atoms with van der Waals surface area (Å²) < 4.78 is 14.7. The van der Waals surface area contributed by atoms with Crippen molar-refractivity contribution < 1.29 is 14.1 Å². The maximum atomic E-state index is 10.5. The lowest BCUT2D eigenvalue weighted by Crippen LogP contribution is -1.98. The number of rotatable bonds is 3. The minimum Gasteiger partial charge on any atom is -0.323 e. The van der Waals surface area contributed by atoms with Gasteiger partial charge < -0.3 is 4.89 Å². The number of halogens is 2. The van der Waals surface area contributed by atoms with Gasteiger partial charge in [0.25, 0.3) is 0 Å². The van der Waals surface area contributed by atoms with Crippen molar-refractivity contribution >= 4 is 31.1 Å². The third kappa shape index (κ3) is 5.15. The van der Waals surface area contributed by atoms with Crippen LogP contribution in [0.25, 0.3) is 0 Å². The Morgan fingerprint density at radius 1 is 1.78 bits per heavy atom. The average Bonchev–Trinajstić information content (AvgIpc) is 1.63. The molecule has 0 aliphatic heterocycles. The van der Waals surface area contributed by atoms with E-state index < -0.39 is 7.60 Å². The first-order chi connectivity index (χ1) is 3.98. The van der Waals surface area contributed by atoms with E-state index in [0.717, 1.165) is 0 Å². The van der Waals surface area contributed by atoms with Crippen LogP contribution in [0, 0.1) is 0 Å². The number of nitrogens with zero attached hydrogens (tertiary/aromatic N) is 1. The van der Waals surface area contributed by atoms with Gasteiger partial charge in [-0.1, -0.05) is 6.92 Å². The first-order valence-corrected chi connectivity index (χ1v) is 4.55. The summed E-state index contributed by atoms with van der Waals surface area (Å²) in [6, 6.07) is 0. The molecule has 0 saturated carbocycles. The quantitative estimate of drug-likeness (QED) is 0.422. The molecular weight excluding hydrogens is 188 g/mol. The van der Waals surface area contributed by atoms with Gasteiger partial charge in [0.15, 0.2) is 0 Å². The Hall–Kier alpha value is 0.690. The van der Waals surface area contributed by atoms with Crippen LogP contribution in [-0.4, -0.2) is 15.2 Å². The monoisotopic (exact) mass is 193 g/mol. The van der Waals surface area contributed by atoms with E-state index in [0.29, 0.717) is 0 Å². The lowest BCUT2D eigenvalue weighted by atomic mass is 11.0. The molecule has 0 aromatic carbocycles. The minimum absolute atomic E-state index is 0.0249. The van der Waals surface area contributed by atoms with Crippen LogP contribution in [0.1, 0.15) is 6.92 Å². The molecule has 4 nitrogen and oxygen atoms in total. The van der Waals surface area contributed by atoms with E-state index in [1.54, 1.807) is 0 Å². The molecule has 1 N–H and O–H groups in total. The van der Waals surface area contributed by atoms with Crippen molar-refractivity contribution in [3.05, 3.63) is 0 Å². The first kappa shape index (κ1) is 9.69. The van der Waals surface area contributed by atoms with Gasteiger partial charge in [-0.05, 0) is 0 Å². The molecule has 0 heterocycles. The van der Waals surface area contributed by atoms with Gasteiger partial charge in [0, 0.05) is 33.8 Å². The summed E-state index contributed by atoms with van der Waals surface area (Å²) in [5.74, 6) is 0. The fourth-order valence-corrected chi connectivity index (χ4v) is 1.04. The zero-order chi connectivity index (χ0) is 7.49. The van der Waals surface area contributed by atoms with Crippen LogP contribution in [-0.2, 0) is 9.19 Å². The van der Waals surface area contributed by atoms with Crippen LogP contribution in [0.2, 0.25) is 0 Å². The second-order valence-electron chi connectivity index (χ2n) is 1.24. The van der Waals surface area contributed by atoms with Crippen molar-refractivity contribution in [2.24, 2.45) is 0 Å². The lowest BCUT2D eigenvalue weighted by Gasteiger charge is -2.08. The normalized spacial score (nSPS) is 17.9. The van der Waals surface area contributed by atoms with Crippen molar-refractivity contribution in [2.45, 2.75) is 6.92 Å². The Kier molecular flexibility index (Phi) is 4.05. The molecule has 0 aliphatic carbocycles. The highest BCUT2D eigenvalue weighted by Gasteiger charge is 2.19. The molecule has 0 aromatic rings. The highest BCUT2D eigenvalue weighted by atomic mass is 35.5. The summed E-state index contributed by atoms with van der Waals surface area (Å²) in [7, 11) is -3.57. The summed E-state index contributed by atoms with van der Waals surface area (Å²) in [4.78, 5) is 8.62. The fraction of sp³-hybridized carbons (Fsp3) is 1.00. The summed E-state index contributed by atoms with van der Waals surface area (Å²) in [6.07, 6.45) is -0.0249. The number of hydrogen-bond acceptors (Lipinski definition) is 3. The molecule has 0 fully saturated rings. The summed E-state index contributed by atoms with van der Waals surface area (Å²) >= 11 is 9.77. The van der Waals surface area contributed by atoms with Crippen LogP contribution in [0.4, 0.5) is 0 Å². The average molecular weight is 194 g/mol. The molecule has 0 amide bonds. The molecule has 0 aromatic heterocycles. The highest BCUT2D eigenvalue weighted by molar-refractivity contribution is 7.52. The van der Waals surface area contributed by atoms with Crippen LogP contribution >= 0.6 is 31.1 Å². The maximum absolute atomic E-state index is 10.5. The van der Waals surface area contributed by atoms with Crippen LogP contribution < -0.4 is 0 Å². The van der Waals surface area contributed by atoms with E-state index in [2.05, 4.69) is 4.62 Å². The molecular formula is C2H6Cl2NO3P. The second-order valence-corrected chi connectivity index (χ2v) is 4.10. The van der Waals surface area contributed by atoms with E-state index in [9.17, 15) is 4.57 Å². The van der Waals surface area contributed by atoms with Crippen LogP contribution in [0.3, 0.4) is 0 Å². The molecule has 7 heteroatoms. The first-order valence-electron chi connectivity index (χ1n) is 2.11. The van der Waals surface area contributed by atoms with Gasteiger partial charge in [-0.15, -0.1) is 0 Å². The highest BCUT2D eigenvalue weighted by Crippen LogP contribution is 2.43. The van der Waals surface area contributed by atoms with Gasteiger partial charge in [0.05, 0.1) is 0 Å². The minimum atomic E-state index is -3.57. The molecule has 1 unspecified atom stereocenters. The van der Waals surface area contributed by atoms with Crippen molar-refractivity contribution in [1.82, 2.24) is 4.10 Å². The van der Waals surface area contributed by atoms with E-state index in [4.69, 9.17) is 28.4 Å². The summed E-state index contributed by atoms with van der Waals surface area (Å²) in [6.45, 7) is 1.48. The van der Waals surface area contributed by atoms with Crippen LogP contribution in [0.5, 0.6) is 0 Å². The Labute approximate surface area is 63.0 Å². The van der Waals surface area contributed by atoms with E-state index in [1.807, 2.05) is 0 Å². The third-order valence-electron chi connectivity index (χ3n) is 0.589. The second kappa shape index (κ2) is 3.76. The van der Waals surface area contributed by atoms with Gasteiger partial charge in [-0.3, -0.25) is 4.57 Å². The van der Waals surface area contributed by atoms with Gasteiger partial charge in [0.2, 0.25) is 0 Å². The molecule has 0 rings (SSSR count). The Bertz CT molecular complexity index is 129. The van der Waals surface area contributed by atoms with E-state index in [-0.39, 0.29) is 10.3 Å². The predicted molar refractivity (Wildman–Crippen MR) is 35.0 cm³/mol. The van der Waals surface area contributed by atoms with Gasteiger partial charge in [-0.25, -0.2) is 0 Å². The standard InChI is InChI=1S/C2H6Cl2NO3P/c1-2-9(6,7)8-5(3)4/h2H2,1H3,(H,6,7). The Morgan fingerprint density at radius 3 is 2.33 bits per heavy atom. The predicted octanol–water partition coefficient (Wildman–Crippen LogP) is 1.73. The number of hydrogen-bond donors (Lipinski definition) is 1. The van der Waals surface area contributed by atoms with E-state index >= 15 is 0 Å². The van der Waals surface area contributed by atoms with Gasteiger partial charge in [0.1, 0.15) is 0 Å². The van der Waals surface area contributed by atoms with Crippen molar-refractivity contribution in [3.8, 4) is 0 Å². The molecule has 0 radical (unpaired) electrons. The topological polar surface area (TPSA) is 49.8 Å². The summed E-state index contributed by atoms with van der Waals surface area (Å²) in [5, 5.41) is 0. The van der Waals surface area contributed by atoms with Crippen molar-refractivity contribution in [1.29, 1.82) is 0 Å². The molecule has 1 atom stereocenters. The third-order valence-corrected chi connectivity index (χ3v) is 2.14. The molecule has 56 valence electrons. The molecule has 0 bridgehead atoms. The van der Waals surface area contributed by atoms with Crippen LogP contribution in [0.15, 0.2) is 0 Å². The Morgan fingerprint density at radius 2 is 2.22 bits per heavy atom. The zero-order valence-corrected chi connectivity index (χ0v) is 7.03. The van der Waals surface area contributed by atoms with E-state index in [1.165, 1.54) is 6.92 Å². The smallest absolute Gasteiger partial charge is 0.323 e. The fourth-order valence-electron chi connectivity index (χ4n) is 0.154. The van der Waals surface area contributed by atoms with Crippen molar-refractivity contribution in [3.63, 3.8) is 0 Å². The Balaban J connectivity index is 3.73. The molecule has 0 spiro atoms. The van der Waals surface area contributed by atoms with Gasteiger partial charge >= 0.3 is 7.60 Å². The zero-order valence-electron chi connectivity index (χ0n) is 4.62. The largest absolute Gasteiger partial charge is 0.346 e. The molecule has 9 heavy (non-hydrogen) atoms.